The molecule has 7 heteroatoms. The quantitative estimate of drug-likeness (QED) is 0.648. The van der Waals surface area contributed by atoms with Gasteiger partial charge in [-0.2, -0.15) is 0 Å². The molecule has 2 aliphatic rings. The van der Waals surface area contributed by atoms with Crippen molar-refractivity contribution in [2.45, 2.75) is 38.7 Å². The Labute approximate surface area is 172 Å². The van der Waals surface area contributed by atoms with E-state index in [-0.39, 0.29) is 13.2 Å². The summed E-state index contributed by atoms with van der Waals surface area (Å²) in [5.74, 6) is 0.296. The maximum absolute atomic E-state index is 12.4. The Bertz CT molecular complexity index is 1150. The average molecular weight is 407 g/mol. The fourth-order valence-electron chi connectivity index (χ4n) is 3.95. The van der Waals surface area contributed by atoms with Crippen molar-refractivity contribution in [3.8, 4) is 11.5 Å². The number of amides is 1. The van der Waals surface area contributed by atoms with Crippen LogP contribution in [0.5, 0.6) is 11.5 Å². The molecule has 1 unspecified atom stereocenters. The number of carbonyl (C=O) groups excluding carboxylic acids is 2. The third kappa shape index (κ3) is 3.47. The van der Waals surface area contributed by atoms with Crippen LogP contribution in [-0.2, 0) is 33.6 Å². The van der Waals surface area contributed by atoms with Gasteiger partial charge in [-0.15, -0.1) is 0 Å². The van der Waals surface area contributed by atoms with Crippen LogP contribution in [0.4, 0.5) is 5.69 Å². The number of fused-ring (bicyclic) bond motifs is 3. The predicted molar refractivity (Wildman–Crippen MR) is 109 cm³/mol. The Hall–Kier alpha value is -3.48. The summed E-state index contributed by atoms with van der Waals surface area (Å²) in [6.45, 7) is 1.70. The van der Waals surface area contributed by atoms with Crippen LogP contribution in [0.15, 0.2) is 41.0 Å². The Morgan fingerprint density at radius 2 is 1.90 bits per heavy atom. The molecule has 0 fully saturated rings. The molecule has 0 spiro atoms. The first-order chi connectivity index (χ1) is 14.6. The molecule has 0 saturated carbocycles. The number of anilines is 1. The fraction of sp³-hybridized carbons (Fsp3) is 0.304. The van der Waals surface area contributed by atoms with Gasteiger partial charge in [-0.3, -0.25) is 9.59 Å². The van der Waals surface area contributed by atoms with Crippen molar-refractivity contribution < 1.29 is 28.2 Å². The molecule has 2 heterocycles. The van der Waals surface area contributed by atoms with Gasteiger partial charge in [-0.1, -0.05) is 0 Å². The zero-order valence-electron chi connectivity index (χ0n) is 16.5. The number of esters is 1. The van der Waals surface area contributed by atoms with Gasteiger partial charge in [0.15, 0.2) is 17.6 Å². The lowest BCUT2D eigenvalue weighted by atomic mass is 10.0. The highest BCUT2D eigenvalue weighted by molar-refractivity contribution is 5.96. The Morgan fingerprint density at radius 1 is 1.10 bits per heavy atom. The molecule has 5 rings (SSSR count). The first-order valence-corrected chi connectivity index (χ1v) is 9.99. The van der Waals surface area contributed by atoms with Crippen LogP contribution in [0, 0.1) is 0 Å². The largest absolute Gasteiger partial charge is 0.464 e. The van der Waals surface area contributed by atoms with Gasteiger partial charge in [0.2, 0.25) is 6.79 Å². The van der Waals surface area contributed by atoms with Crippen LogP contribution in [0.3, 0.4) is 0 Å². The van der Waals surface area contributed by atoms with E-state index in [4.69, 9.17) is 18.6 Å². The molecule has 154 valence electrons. The molecule has 3 aromatic rings. The molecule has 1 N–H and O–H groups in total. The van der Waals surface area contributed by atoms with Gasteiger partial charge in [-0.25, -0.2) is 0 Å². The van der Waals surface area contributed by atoms with Crippen molar-refractivity contribution in [3.63, 3.8) is 0 Å². The summed E-state index contributed by atoms with van der Waals surface area (Å²) in [4.78, 5) is 24.8. The van der Waals surface area contributed by atoms with E-state index < -0.39 is 18.0 Å². The molecule has 0 bridgehead atoms. The third-order valence-electron chi connectivity index (χ3n) is 5.52. The van der Waals surface area contributed by atoms with Gasteiger partial charge in [0, 0.05) is 22.7 Å². The van der Waals surface area contributed by atoms with Crippen LogP contribution in [0.2, 0.25) is 0 Å². The minimum atomic E-state index is -0.940. The number of nitrogens with one attached hydrogen (secondary N) is 1. The smallest absolute Gasteiger partial charge is 0.311 e. The molecule has 1 aliphatic heterocycles. The summed E-state index contributed by atoms with van der Waals surface area (Å²) in [6.07, 6.45) is 3.98. The summed E-state index contributed by atoms with van der Waals surface area (Å²) in [5, 5.41) is 3.66. The molecule has 1 aromatic heterocycles. The number of rotatable bonds is 5. The standard InChI is InChI=1S/C23H21NO6/c1-13(23(26)24-17-5-6-19-21(10-17)29-12-28-19)30-22(25)9-16-11-27-20-8-15-4-2-3-14(15)7-18(16)20/h5-8,10-11,13H,2-4,9,12H2,1H3,(H,24,26). The van der Waals surface area contributed by atoms with E-state index in [0.29, 0.717) is 17.2 Å². The summed E-state index contributed by atoms with van der Waals surface area (Å²) in [5.41, 5.74) is 4.73. The van der Waals surface area contributed by atoms with Gasteiger partial charge in [0.05, 0.1) is 12.7 Å². The summed E-state index contributed by atoms with van der Waals surface area (Å²) in [7, 11) is 0. The van der Waals surface area contributed by atoms with Crippen LogP contribution in [0.1, 0.15) is 30.0 Å². The lowest BCUT2D eigenvalue weighted by Gasteiger charge is -2.13. The van der Waals surface area contributed by atoms with Crippen LogP contribution >= 0.6 is 0 Å². The van der Waals surface area contributed by atoms with Crippen LogP contribution in [0.25, 0.3) is 11.0 Å². The first-order valence-electron chi connectivity index (χ1n) is 9.99. The Balaban J connectivity index is 1.22. The summed E-state index contributed by atoms with van der Waals surface area (Å²) >= 11 is 0. The number of benzene rings is 2. The molecule has 30 heavy (non-hydrogen) atoms. The number of hydrogen-bond acceptors (Lipinski definition) is 6. The second-order valence-corrected chi connectivity index (χ2v) is 7.60. The first kappa shape index (κ1) is 18.5. The van der Waals surface area contributed by atoms with E-state index in [1.165, 1.54) is 11.1 Å². The third-order valence-corrected chi connectivity index (χ3v) is 5.52. The summed E-state index contributed by atoms with van der Waals surface area (Å²) < 4.78 is 21.5. The number of ether oxygens (including phenoxy) is 3. The normalized spacial score (nSPS) is 15.1. The maximum Gasteiger partial charge on any atom is 0.311 e. The number of carbonyl (C=O) groups is 2. The van der Waals surface area contributed by atoms with E-state index >= 15 is 0 Å². The fourth-order valence-corrected chi connectivity index (χ4v) is 3.95. The molecule has 1 aliphatic carbocycles. The highest BCUT2D eigenvalue weighted by Gasteiger charge is 2.22. The lowest BCUT2D eigenvalue weighted by molar-refractivity contribution is -0.152. The maximum atomic E-state index is 12.4. The van der Waals surface area contributed by atoms with Crippen molar-refractivity contribution in [1.29, 1.82) is 0 Å². The Morgan fingerprint density at radius 3 is 2.77 bits per heavy atom. The monoisotopic (exact) mass is 407 g/mol. The van der Waals surface area contributed by atoms with Crippen LogP contribution in [-0.4, -0.2) is 24.8 Å². The van der Waals surface area contributed by atoms with Gasteiger partial charge >= 0.3 is 5.97 Å². The van der Waals surface area contributed by atoms with Gasteiger partial charge < -0.3 is 23.9 Å². The van der Waals surface area contributed by atoms with E-state index in [0.717, 1.165) is 35.8 Å². The molecule has 1 atom stereocenters. The predicted octanol–water partition coefficient (Wildman–Crippen LogP) is 3.76. The second-order valence-electron chi connectivity index (χ2n) is 7.60. The summed E-state index contributed by atoms with van der Waals surface area (Å²) in [6, 6.07) is 9.27. The topological polar surface area (TPSA) is 87.0 Å². The van der Waals surface area contributed by atoms with Crippen LogP contribution < -0.4 is 14.8 Å². The lowest BCUT2D eigenvalue weighted by Crippen LogP contribution is -2.30. The van der Waals surface area contributed by atoms with Crippen molar-refractivity contribution >= 4 is 28.5 Å². The molecular weight excluding hydrogens is 386 g/mol. The second kappa shape index (κ2) is 7.40. The number of aryl methyl sites for hydroxylation is 2. The van der Waals surface area contributed by atoms with Gasteiger partial charge in [0.1, 0.15) is 5.58 Å². The van der Waals surface area contributed by atoms with Crippen molar-refractivity contribution in [2.75, 3.05) is 12.1 Å². The van der Waals surface area contributed by atoms with Gasteiger partial charge in [-0.05, 0) is 61.6 Å². The van der Waals surface area contributed by atoms with E-state index in [2.05, 4.69) is 17.4 Å². The minimum Gasteiger partial charge on any atom is -0.464 e. The molecule has 2 aromatic carbocycles. The average Bonchev–Trinajstić information content (AvgIpc) is 3.45. The van der Waals surface area contributed by atoms with Crippen molar-refractivity contribution in [2.24, 2.45) is 0 Å². The molecule has 0 radical (unpaired) electrons. The Kier molecular flexibility index (Phi) is 4.58. The molecule has 0 saturated heterocycles. The van der Waals surface area contributed by atoms with Crippen molar-refractivity contribution in [1.82, 2.24) is 0 Å². The highest BCUT2D eigenvalue weighted by atomic mass is 16.7. The number of hydrogen-bond donors (Lipinski definition) is 1. The van der Waals surface area contributed by atoms with E-state index in [1.54, 1.807) is 31.4 Å². The van der Waals surface area contributed by atoms with E-state index in [9.17, 15) is 9.59 Å². The zero-order chi connectivity index (χ0) is 20.7. The zero-order valence-corrected chi connectivity index (χ0v) is 16.5. The van der Waals surface area contributed by atoms with Crippen molar-refractivity contribution in [3.05, 3.63) is 53.3 Å². The van der Waals surface area contributed by atoms with Gasteiger partial charge in [0.25, 0.3) is 5.91 Å². The SMILES string of the molecule is CC(OC(=O)Cc1coc2cc3c(cc12)CCC3)C(=O)Nc1ccc2c(c1)OCO2. The minimum absolute atomic E-state index is 0.0490. The molecular formula is C23H21NO6. The molecule has 1 amide bonds. The highest BCUT2D eigenvalue weighted by Crippen LogP contribution is 2.34. The molecule has 7 nitrogen and oxygen atoms in total. The number of furan rings is 1. The van der Waals surface area contributed by atoms with E-state index in [1.807, 2.05) is 0 Å².